The molecule has 3 aromatic rings. The van der Waals surface area contributed by atoms with Crippen molar-refractivity contribution in [3.8, 4) is 22.9 Å². The average molecular weight is 393 g/mol. The van der Waals surface area contributed by atoms with Crippen LogP contribution in [0, 0.1) is 0 Å². The molecule has 0 aliphatic heterocycles. The summed E-state index contributed by atoms with van der Waals surface area (Å²) in [6.45, 7) is 0. The van der Waals surface area contributed by atoms with E-state index < -0.39 is 6.36 Å². The van der Waals surface area contributed by atoms with Crippen LogP contribution in [0.3, 0.4) is 0 Å². The van der Waals surface area contributed by atoms with Crippen molar-refractivity contribution >= 4 is 5.65 Å². The molecule has 0 bridgehead atoms. The molecule has 28 heavy (non-hydrogen) atoms. The number of aliphatic hydroxyl groups is 1. The maximum Gasteiger partial charge on any atom is 0.573 e. The number of imidazole rings is 1. The molecule has 6 nitrogen and oxygen atoms in total. The summed E-state index contributed by atoms with van der Waals surface area (Å²) in [6.07, 6.45) is -0.653. The number of hydrogen-bond acceptors (Lipinski definition) is 5. The van der Waals surface area contributed by atoms with E-state index in [-0.39, 0.29) is 18.0 Å². The number of halogens is 3. The van der Waals surface area contributed by atoms with Gasteiger partial charge in [0.15, 0.2) is 5.65 Å². The second kappa shape index (κ2) is 7.31. The van der Waals surface area contributed by atoms with E-state index in [9.17, 15) is 18.3 Å². The molecule has 1 fully saturated rings. The smallest absolute Gasteiger partial charge is 0.473 e. The van der Waals surface area contributed by atoms with Crippen molar-refractivity contribution in [1.29, 1.82) is 0 Å². The van der Waals surface area contributed by atoms with Gasteiger partial charge in [0.25, 0.3) is 0 Å². The Bertz CT molecular complexity index is 966. The van der Waals surface area contributed by atoms with Gasteiger partial charge in [-0.1, -0.05) is 12.1 Å². The fourth-order valence-electron chi connectivity index (χ4n) is 3.30. The lowest BCUT2D eigenvalue weighted by Crippen LogP contribution is -2.26. The zero-order chi connectivity index (χ0) is 19.7. The summed E-state index contributed by atoms with van der Waals surface area (Å²) in [5, 5.41) is 14.0. The Morgan fingerprint density at radius 3 is 2.61 bits per heavy atom. The van der Waals surface area contributed by atoms with Crippen molar-refractivity contribution in [2.24, 2.45) is 0 Å². The van der Waals surface area contributed by atoms with E-state index in [0.29, 0.717) is 35.6 Å². The van der Waals surface area contributed by atoms with Crippen LogP contribution >= 0.6 is 0 Å². The summed E-state index contributed by atoms with van der Waals surface area (Å²) in [4.78, 5) is 4.25. The molecule has 0 atom stereocenters. The van der Waals surface area contributed by atoms with Gasteiger partial charge >= 0.3 is 6.36 Å². The van der Waals surface area contributed by atoms with Gasteiger partial charge in [-0.25, -0.2) is 9.50 Å². The van der Waals surface area contributed by atoms with Gasteiger partial charge in [-0.05, 0) is 43.9 Å². The molecule has 1 saturated carbocycles. The highest BCUT2D eigenvalue weighted by molar-refractivity contribution is 5.64. The van der Waals surface area contributed by atoms with Gasteiger partial charge in [-0.3, -0.25) is 0 Å². The second-order valence-electron chi connectivity index (χ2n) is 6.71. The summed E-state index contributed by atoms with van der Waals surface area (Å²) in [6, 6.07) is 9.10. The van der Waals surface area contributed by atoms with Crippen LogP contribution in [0.5, 0.6) is 11.6 Å². The highest BCUT2D eigenvalue weighted by Crippen LogP contribution is 2.29. The number of benzene rings is 1. The van der Waals surface area contributed by atoms with E-state index in [1.54, 1.807) is 18.2 Å². The standard InChI is InChI=1S/C19H18F3N3O3/c20-19(21,22)28-15-3-1-2-12(10-15)16-11-23-17-8-9-18(24-25(16)17)27-14-6-4-13(26)5-7-14/h1-3,8-11,13-14,26H,4-7H2. The molecule has 4 rings (SSSR count). The van der Waals surface area contributed by atoms with Gasteiger partial charge in [0.2, 0.25) is 5.88 Å². The molecule has 2 aromatic heterocycles. The van der Waals surface area contributed by atoms with Gasteiger partial charge in [-0.2, -0.15) is 0 Å². The first-order chi connectivity index (χ1) is 13.4. The van der Waals surface area contributed by atoms with Crippen molar-refractivity contribution in [3.05, 3.63) is 42.6 Å². The number of nitrogens with zero attached hydrogens (tertiary/aromatic N) is 3. The molecule has 2 heterocycles. The zero-order valence-electron chi connectivity index (χ0n) is 14.8. The lowest BCUT2D eigenvalue weighted by molar-refractivity contribution is -0.274. The maximum atomic E-state index is 12.5. The average Bonchev–Trinajstić information content (AvgIpc) is 3.06. The first-order valence-electron chi connectivity index (χ1n) is 8.93. The molecule has 1 aromatic carbocycles. The quantitative estimate of drug-likeness (QED) is 0.726. The number of fused-ring (bicyclic) bond motifs is 1. The number of ether oxygens (including phenoxy) is 2. The molecular weight excluding hydrogens is 375 g/mol. The number of aliphatic hydroxyl groups excluding tert-OH is 1. The fourth-order valence-corrected chi connectivity index (χ4v) is 3.30. The van der Waals surface area contributed by atoms with Gasteiger partial charge in [0, 0.05) is 11.6 Å². The number of rotatable bonds is 4. The van der Waals surface area contributed by atoms with E-state index in [0.717, 1.165) is 12.8 Å². The summed E-state index contributed by atoms with van der Waals surface area (Å²) in [7, 11) is 0. The predicted octanol–water partition coefficient (Wildman–Crippen LogP) is 3.98. The van der Waals surface area contributed by atoms with Crippen molar-refractivity contribution in [1.82, 2.24) is 14.6 Å². The van der Waals surface area contributed by atoms with Crippen LogP contribution in [0.4, 0.5) is 13.2 Å². The molecule has 0 unspecified atom stereocenters. The molecular formula is C19H18F3N3O3. The van der Waals surface area contributed by atoms with Gasteiger partial charge in [0.05, 0.1) is 18.0 Å². The first-order valence-corrected chi connectivity index (χ1v) is 8.93. The Kier molecular flexibility index (Phi) is 4.84. The van der Waals surface area contributed by atoms with Crippen molar-refractivity contribution in [2.45, 2.75) is 44.3 Å². The maximum absolute atomic E-state index is 12.5. The fraction of sp³-hybridized carbons (Fsp3) is 0.368. The van der Waals surface area contributed by atoms with Crippen LogP contribution < -0.4 is 9.47 Å². The van der Waals surface area contributed by atoms with Crippen LogP contribution in [0.1, 0.15) is 25.7 Å². The third-order valence-corrected chi connectivity index (χ3v) is 4.63. The van der Waals surface area contributed by atoms with E-state index in [4.69, 9.17) is 4.74 Å². The Morgan fingerprint density at radius 2 is 1.86 bits per heavy atom. The van der Waals surface area contributed by atoms with Crippen LogP contribution in [-0.2, 0) is 0 Å². The van der Waals surface area contributed by atoms with E-state index >= 15 is 0 Å². The van der Waals surface area contributed by atoms with Crippen molar-refractivity contribution in [2.75, 3.05) is 0 Å². The minimum absolute atomic E-state index is 0.0242. The lowest BCUT2D eigenvalue weighted by atomic mass is 9.95. The number of hydrogen-bond donors (Lipinski definition) is 1. The third-order valence-electron chi connectivity index (χ3n) is 4.63. The van der Waals surface area contributed by atoms with Crippen molar-refractivity contribution < 1.29 is 27.8 Å². The molecule has 1 aliphatic rings. The van der Waals surface area contributed by atoms with Crippen LogP contribution in [-0.4, -0.2) is 38.3 Å². The summed E-state index contributed by atoms with van der Waals surface area (Å²) in [5.41, 5.74) is 1.55. The Balaban J connectivity index is 1.61. The van der Waals surface area contributed by atoms with Crippen LogP contribution in [0.2, 0.25) is 0 Å². The number of alkyl halides is 3. The summed E-state index contributed by atoms with van der Waals surface area (Å²) >= 11 is 0. The molecule has 0 radical (unpaired) electrons. The molecule has 0 spiro atoms. The largest absolute Gasteiger partial charge is 0.573 e. The van der Waals surface area contributed by atoms with Crippen LogP contribution in [0.15, 0.2) is 42.6 Å². The van der Waals surface area contributed by atoms with Crippen molar-refractivity contribution in [3.63, 3.8) is 0 Å². The predicted molar refractivity (Wildman–Crippen MR) is 94.0 cm³/mol. The minimum Gasteiger partial charge on any atom is -0.473 e. The summed E-state index contributed by atoms with van der Waals surface area (Å²) in [5.74, 6) is 0.0870. The SMILES string of the molecule is OC1CCC(Oc2ccc3ncc(-c4cccc(OC(F)(F)F)c4)n3n2)CC1. The summed E-state index contributed by atoms with van der Waals surface area (Å²) < 4.78 is 48.9. The molecule has 1 N–H and O–H groups in total. The molecule has 148 valence electrons. The molecule has 1 aliphatic carbocycles. The van der Waals surface area contributed by atoms with Gasteiger partial charge in [0.1, 0.15) is 11.9 Å². The first kappa shape index (κ1) is 18.5. The molecule has 0 saturated heterocycles. The van der Waals surface area contributed by atoms with E-state index in [2.05, 4.69) is 14.8 Å². The van der Waals surface area contributed by atoms with E-state index in [1.807, 2.05) is 0 Å². The van der Waals surface area contributed by atoms with Gasteiger partial charge in [-0.15, -0.1) is 18.3 Å². The highest BCUT2D eigenvalue weighted by atomic mass is 19.4. The normalized spacial score (nSPS) is 20.3. The zero-order valence-corrected chi connectivity index (χ0v) is 14.8. The Hall–Kier alpha value is -2.81. The van der Waals surface area contributed by atoms with Gasteiger partial charge < -0.3 is 14.6 Å². The molecule has 9 heteroatoms. The Morgan fingerprint density at radius 1 is 1.07 bits per heavy atom. The van der Waals surface area contributed by atoms with Crippen LogP contribution in [0.25, 0.3) is 16.9 Å². The lowest BCUT2D eigenvalue weighted by Gasteiger charge is -2.25. The molecule has 0 amide bonds. The Labute approximate surface area is 158 Å². The monoisotopic (exact) mass is 393 g/mol. The second-order valence-corrected chi connectivity index (χ2v) is 6.71. The topological polar surface area (TPSA) is 68.9 Å². The third kappa shape index (κ3) is 4.19. The number of aromatic nitrogens is 3. The minimum atomic E-state index is -4.76. The highest BCUT2D eigenvalue weighted by Gasteiger charge is 2.31. The van der Waals surface area contributed by atoms with E-state index in [1.165, 1.54) is 28.9 Å².